The minimum atomic E-state index is -3.54. The predicted molar refractivity (Wildman–Crippen MR) is 93.2 cm³/mol. The Kier molecular flexibility index (Phi) is 4.89. The van der Waals surface area contributed by atoms with Gasteiger partial charge in [-0.1, -0.05) is 18.2 Å². The SMILES string of the molecule is CC(C)Oc1ccc(S(=O)(=O)NCc2ccc3c(c2)CNC3)cc1. The van der Waals surface area contributed by atoms with Crippen molar-refractivity contribution >= 4 is 10.0 Å². The molecule has 1 aliphatic rings. The molecule has 0 amide bonds. The number of hydrogen-bond donors (Lipinski definition) is 2. The first-order valence-corrected chi connectivity index (χ1v) is 9.50. The summed E-state index contributed by atoms with van der Waals surface area (Å²) in [4.78, 5) is 0.237. The Labute approximate surface area is 143 Å². The summed E-state index contributed by atoms with van der Waals surface area (Å²) in [7, 11) is -3.54. The fourth-order valence-corrected chi connectivity index (χ4v) is 3.71. The normalized spacial score (nSPS) is 14.0. The Morgan fingerprint density at radius 3 is 2.50 bits per heavy atom. The molecule has 3 rings (SSSR count). The van der Waals surface area contributed by atoms with Gasteiger partial charge in [-0.3, -0.25) is 0 Å². The van der Waals surface area contributed by atoms with Gasteiger partial charge < -0.3 is 10.1 Å². The quantitative estimate of drug-likeness (QED) is 0.843. The first kappa shape index (κ1) is 17.0. The van der Waals surface area contributed by atoms with E-state index in [9.17, 15) is 8.42 Å². The second-order valence-electron chi connectivity index (χ2n) is 6.17. The average Bonchev–Trinajstić information content (AvgIpc) is 3.00. The van der Waals surface area contributed by atoms with Crippen molar-refractivity contribution in [2.24, 2.45) is 0 Å². The van der Waals surface area contributed by atoms with Crippen LogP contribution in [0.15, 0.2) is 47.4 Å². The van der Waals surface area contributed by atoms with Crippen molar-refractivity contribution in [3.63, 3.8) is 0 Å². The maximum Gasteiger partial charge on any atom is 0.240 e. The number of benzene rings is 2. The van der Waals surface area contributed by atoms with Gasteiger partial charge in [-0.05, 0) is 54.8 Å². The third-order valence-corrected chi connectivity index (χ3v) is 5.29. The third kappa shape index (κ3) is 3.95. The van der Waals surface area contributed by atoms with Gasteiger partial charge >= 0.3 is 0 Å². The third-order valence-electron chi connectivity index (χ3n) is 3.87. The first-order chi connectivity index (χ1) is 11.4. The molecule has 2 aromatic carbocycles. The van der Waals surface area contributed by atoms with Crippen molar-refractivity contribution in [1.82, 2.24) is 10.0 Å². The molecular weight excluding hydrogens is 324 g/mol. The molecule has 2 aromatic rings. The summed E-state index contributed by atoms with van der Waals surface area (Å²) in [6, 6.07) is 12.5. The highest BCUT2D eigenvalue weighted by atomic mass is 32.2. The fourth-order valence-electron chi connectivity index (χ4n) is 2.69. The van der Waals surface area contributed by atoms with E-state index in [0.29, 0.717) is 5.75 Å². The van der Waals surface area contributed by atoms with Crippen LogP contribution in [-0.2, 0) is 29.7 Å². The molecule has 5 nitrogen and oxygen atoms in total. The van der Waals surface area contributed by atoms with Gasteiger partial charge in [-0.25, -0.2) is 13.1 Å². The van der Waals surface area contributed by atoms with Gasteiger partial charge in [-0.2, -0.15) is 0 Å². The van der Waals surface area contributed by atoms with Crippen LogP contribution in [0, 0.1) is 0 Å². The molecule has 0 fully saturated rings. The molecular formula is C18H22N2O3S. The largest absolute Gasteiger partial charge is 0.491 e. The van der Waals surface area contributed by atoms with Crippen molar-refractivity contribution < 1.29 is 13.2 Å². The molecule has 0 aliphatic carbocycles. The zero-order valence-electron chi connectivity index (χ0n) is 13.9. The van der Waals surface area contributed by atoms with Crippen molar-refractivity contribution in [3.05, 3.63) is 59.2 Å². The van der Waals surface area contributed by atoms with E-state index < -0.39 is 10.0 Å². The molecule has 0 bridgehead atoms. The molecule has 1 aliphatic heterocycles. The summed E-state index contributed by atoms with van der Waals surface area (Å²) in [5.74, 6) is 0.662. The van der Waals surface area contributed by atoms with Gasteiger partial charge in [0.25, 0.3) is 0 Å². The van der Waals surface area contributed by atoms with E-state index in [4.69, 9.17) is 4.74 Å². The zero-order valence-corrected chi connectivity index (χ0v) is 14.7. The molecule has 0 saturated carbocycles. The Bertz CT molecular complexity index is 815. The number of hydrogen-bond acceptors (Lipinski definition) is 4. The van der Waals surface area contributed by atoms with Gasteiger partial charge in [0, 0.05) is 19.6 Å². The lowest BCUT2D eigenvalue weighted by molar-refractivity contribution is 0.242. The molecule has 24 heavy (non-hydrogen) atoms. The highest BCUT2D eigenvalue weighted by molar-refractivity contribution is 7.89. The van der Waals surface area contributed by atoms with E-state index in [1.165, 1.54) is 11.1 Å². The van der Waals surface area contributed by atoms with Crippen LogP contribution in [-0.4, -0.2) is 14.5 Å². The summed E-state index contributed by atoms with van der Waals surface area (Å²) < 4.78 is 33.0. The van der Waals surface area contributed by atoms with Crippen LogP contribution >= 0.6 is 0 Å². The van der Waals surface area contributed by atoms with Crippen LogP contribution in [0.2, 0.25) is 0 Å². The van der Waals surface area contributed by atoms with E-state index in [-0.39, 0.29) is 17.5 Å². The molecule has 128 valence electrons. The van der Waals surface area contributed by atoms with Crippen molar-refractivity contribution in [1.29, 1.82) is 0 Å². The molecule has 0 aromatic heterocycles. The van der Waals surface area contributed by atoms with E-state index >= 15 is 0 Å². The Morgan fingerprint density at radius 1 is 1.08 bits per heavy atom. The number of sulfonamides is 1. The summed E-state index contributed by atoms with van der Waals surface area (Å²) in [5.41, 5.74) is 3.48. The molecule has 2 N–H and O–H groups in total. The summed E-state index contributed by atoms with van der Waals surface area (Å²) in [6.45, 7) is 5.86. The lowest BCUT2D eigenvalue weighted by Gasteiger charge is -2.11. The fraction of sp³-hybridized carbons (Fsp3) is 0.333. The molecule has 0 saturated heterocycles. The van der Waals surface area contributed by atoms with E-state index in [1.807, 2.05) is 19.9 Å². The molecule has 0 atom stereocenters. The van der Waals surface area contributed by atoms with Crippen LogP contribution in [0.3, 0.4) is 0 Å². The monoisotopic (exact) mass is 346 g/mol. The molecule has 1 heterocycles. The van der Waals surface area contributed by atoms with Gasteiger partial charge in [0.05, 0.1) is 11.0 Å². The standard InChI is InChI=1S/C18H22N2O3S/c1-13(2)23-17-5-7-18(8-6-17)24(21,22)20-10-14-3-4-15-11-19-12-16(15)9-14/h3-9,13,19-20H,10-12H2,1-2H3. The Hall–Kier alpha value is -1.89. The van der Waals surface area contributed by atoms with Crippen molar-refractivity contribution in [3.8, 4) is 5.75 Å². The van der Waals surface area contributed by atoms with Crippen molar-refractivity contribution in [2.75, 3.05) is 0 Å². The number of ether oxygens (including phenoxy) is 1. The maximum absolute atomic E-state index is 12.4. The average molecular weight is 346 g/mol. The van der Waals surface area contributed by atoms with E-state index in [0.717, 1.165) is 18.7 Å². The van der Waals surface area contributed by atoms with Gasteiger partial charge in [-0.15, -0.1) is 0 Å². The zero-order chi connectivity index (χ0) is 17.2. The van der Waals surface area contributed by atoms with Crippen LogP contribution in [0.4, 0.5) is 0 Å². The lowest BCUT2D eigenvalue weighted by Crippen LogP contribution is -2.23. The number of rotatable bonds is 6. The highest BCUT2D eigenvalue weighted by Gasteiger charge is 2.15. The van der Waals surface area contributed by atoms with Gasteiger partial charge in [0.1, 0.15) is 5.75 Å². The maximum atomic E-state index is 12.4. The molecule has 0 radical (unpaired) electrons. The van der Waals surface area contributed by atoms with Gasteiger partial charge in [0.2, 0.25) is 10.0 Å². The minimum Gasteiger partial charge on any atom is -0.491 e. The van der Waals surface area contributed by atoms with Crippen LogP contribution < -0.4 is 14.8 Å². The Balaban J connectivity index is 1.67. The van der Waals surface area contributed by atoms with Gasteiger partial charge in [0.15, 0.2) is 0 Å². The predicted octanol–water partition coefficient (Wildman–Crippen LogP) is 2.56. The second kappa shape index (κ2) is 6.93. The van der Waals surface area contributed by atoms with E-state index in [2.05, 4.69) is 22.2 Å². The lowest BCUT2D eigenvalue weighted by atomic mass is 10.1. The topological polar surface area (TPSA) is 67.4 Å². The molecule has 0 unspecified atom stereocenters. The van der Waals surface area contributed by atoms with Crippen molar-refractivity contribution in [2.45, 2.75) is 44.5 Å². The number of fused-ring (bicyclic) bond motifs is 1. The van der Waals surface area contributed by atoms with Crippen LogP contribution in [0.1, 0.15) is 30.5 Å². The smallest absolute Gasteiger partial charge is 0.240 e. The highest BCUT2D eigenvalue weighted by Crippen LogP contribution is 2.19. The van der Waals surface area contributed by atoms with E-state index in [1.54, 1.807) is 24.3 Å². The molecule has 6 heteroatoms. The van der Waals surface area contributed by atoms with Crippen LogP contribution in [0.5, 0.6) is 5.75 Å². The minimum absolute atomic E-state index is 0.0554. The molecule has 0 spiro atoms. The van der Waals surface area contributed by atoms with Crippen LogP contribution in [0.25, 0.3) is 0 Å². The Morgan fingerprint density at radius 2 is 1.79 bits per heavy atom. The summed E-state index contributed by atoms with van der Waals surface area (Å²) in [5, 5.41) is 3.28. The summed E-state index contributed by atoms with van der Waals surface area (Å²) in [6.07, 6.45) is 0.0554. The second-order valence-corrected chi connectivity index (χ2v) is 7.94. The number of nitrogens with one attached hydrogen (secondary N) is 2. The first-order valence-electron chi connectivity index (χ1n) is 8.02. The summed E-state index contributed by atoms with van der Waals surface area (Å²) >= 11 is 0.